The average molecular weight is 509 g/mol. The monoisotopic (exact) mass is 507 g/mol. The molecule has 0 atom stereocenters. The Labute approximate surface area is 203 Å². The first-order valence-corrected chi connectivity index (χ1v) is 16.3. The number of rotatable bonds is 24. The topological polar surface area (TPSA) is 12.0 Å². The Morgan fingerprint density at radius 3 is 1.17 bits per heavy atom. The van der Waals surface area contributed by atoms with Crippen molar-refractivity contribution in [1.82, 2.24) is 5.32 Å². The summed E-state index contributed by atoms with van der Waals surface area (Å²) in [6.45, 7) is 12.0. The van der Waals surface area contributed by atoms with Crippen molar-refractivity contribution in [2.45, 2.75) is 137 Å². The van der Waals surface area contributed by atoms with E-state index in [1.807, 2.05) is 0 Å². The van der Waals surface area contributed by atoms with Gasteiger partial charge in [0.05, 0.1) is 24.6 Å². The fraction of sp³-hybridized carbons (Fsp3) is 1.00. The molecule has 0 spiro atoms. The van der Waals surface area contributed by atoms with Crippen molar-refractivity contribution in [3.63, 3.8) is 0 Å². The Hall–Kier alpha value is 0.870. The van der Waals surface area contributed by atoms with Crippen LogP contribution in [0.5, 0.6) is 0 Å². The van der Waals surface area contributed by atoms with E-state index in [0.29, 0.717) is 0 Å². The van der Waals surface area contributed by atoms with Gasteiger partial charge in [-0.1, -0.05) is 105 Å². The lowest BCUT2D eigenvalue weighted by molar-refractivity contribution is -0.00000667. The first kappa shape index (κ1) is 33.0. The minimum atomic E-state index is -0.670. The van der Waals surface area contributed by atoms with Crippen LogP contribution in [0.3, 0.4) is 0 Å². The molecule has 1 nitrogen and oxygen atoms in total. The van der Waals surface area contributed by atoms with E-state index in [1.54, 1.807) is 24.6 Å². The fourth-order valence-electron chi connectivity index (χ4n) is 4.55. The lowest BCUT2D eigenvalue weighted by Gasteiger charge is -2.28. The SMILES string of the molecule is CCCCCCCCCCCCNCCC[P+](CCCC)(CCCC)CCCC.[Br-]. The molecule has 0 bridgehead atoms. The van der Waals surface area contributed by atoms with Crippen molar-refractivity contribution in [3.05, 3.63) is 0 Å². The number of nitrogens with one attached hydrogen (secondary N) is 1. The van der Waals surface area contributed by atoms with Crippen LogP contribution in [0.25, 0.3) is 0 Å². The second-order valence-corrected chi connectivity index (χ2v) is 14.1. The average Bonchev–Trinajstić information content (AvgIpc) is 2.74. The second-order valence-electron chi connectivity index (χ2n) is 9.58. The Kier molecular flexibility index (Phi) is 28.8. The van der Waals surface area contributed by atoms with E-state index >= 15 is 0 Å². The maximum Gasteiger partial charge on any atom is 0.0606 e. The summed E-state index contributed by atoms with van der Waals surface area (Å²) in [7, 11) is -0.670. The highest BCUT2D eigenvalue weighted by atomic mass is 79.9. The van der Waals surface area contributed by atoms with E-state index < -0.39 is 7.26 Å². The van der Waals surface area contributed by atoms with Crippen molar-refractivity contribution in [3.8, 4) is 0 Å². The van der Waals surface area contributed by atoms with Crippen LogP contribution in [0, 0.1) is 0 Å². The zero-order valence-electron chi connectivity index (χ0n) is 21.6. The van der Waals surface area contributed by atoms with Crippen LogP contribution in [-0.2, 0) is 0 Å². The van der Waals surface area contributed by atoms with E-state index in [1.165, 1.54) is 122 Å². The van der Waals surface area contributed by atoms with Crippen molar-refractivity contribution < 1.29 is 17.0 Å². The molecule has 0 aliphatic heterocycles. The van der Waals surface area contributed by atoms with Gasteiger partial charge in [-0.2, -0.15) is 0 Å². The van der Waals surface area contributed by atoms with Crippen LogP contribution in [0.2, 0.25) is 0 Å². The Morgan fingerprint density at radius 1 is 0.400 bits per heavy atom. The summed E-state index contributed by atoms with van der Waals surface area (Å²) < 4.78 is 0. The largest absolute Gasteiger partial charge is 1.00 e. The lowest BCUT2D eigenvalue weighted by atomic mass is 10.1. The third-order valence-electron chi connectivity index (χ3n) is 6.65. The third kappa shape index (κ3) is 20.8. The van der Waals surface area contributed by atoms with Gasteiger partial charge in [-0.3, -0.25) is 0 Å². The summed E-state index contributed by atoms with van der Waals surface area (Å²) in [5.41, 5.74) is 0. The smallest absolute Gasteiger partial charge is 0.0606 e. The molecule has 3 heteroatoms. The minimum Gasteiger partial charge on any atom is -1.00 e. The summed E-state index contributed by atoms with van der Waals surface area (Å²) in [5.74, 6) is 0. The number of halogens is 1. The van der Waals surface area contributed by atoms with E-state index in [9.17, 15) is 0 Å². The van der Waals surface area contributed by atoms with E-state index in [2.05, 4.69) is 33.0 Å². The molecule has 0 aliphatic carbocycles. The maximum absolute atomic E-state index is 3.77. The van der Waals surface area contributed by atoms with E-state index in [4.69, 9.17) is 0 Å². The van der Waals surface area contributed by atoms with Crippen molar-refractivity contribution in [1.29, 1.82) is 0 Å². The van der Waals surface area contributed by atoms with Crippen LogP contribution in [0.15, 0.2) is 0 Å². The number of unbranched alkanes of at least 4 members (excludes halogenated alkanes) is 12. The molecular weight excluding hydrogens is 449 g/mol. The fourth-order valence-corrected chi connectivity index (χ4v) is 9.69. The van der Waals surface area contributed by atoms with Gasteiger partial charge >= 0.3 is 0 Å². The molecule has 0 fully saturated rings. The Morgan fingerprint density at radius 2 is 0.733 bits per heavy atom. The van der Waals surface area contributed by atoms with Crippen LogP contribution >= 0.6 is 7.26 Å². The van der Waals surface area contributed by atoms with Crippen LogP contribution in [0.4, 0.5) is 0 Å². The highest BCUT2D eigenvalue weighted by Crippen LogP contribution is 2.61. The molecule has 0 rings (SSSR count). The first-order valence-electron chi connectivity index (χ1n) is 13.8. The highest BCUT2D eigenvalue weighted by Gasteiger charge is 2.34. The van der Waals surface area contributed by atoms with E-state index in [0.717, 1.165) is 0 Å². The highest BCUT2D eigenvalue weighted by molar-refractivity contribution is 7.75. The van der Waals surface area contributed by atoms with Gasteiger partial charge in [-0.15, -0.1) is 0 Å². The molecule has 0 amide bonds. The maximum atomic E-state index is 3.77. The Bertz CT molecular complexity index is 289. The predicted molar refractivity (Wildman–Crippen MR) is 140 cm³/mol. The summed E-state index contributed by atoms with van der Waals surface area (Å²) in [6, 6.07) is 0. The van der Waals surface area contributed by atoms with Crippen LogP contribution in [-0.4, -0.2) is 37.7 Å². The molecule has 30 heavy (non-hydrogen) atoms. The van der Waals surface area contributed by atoms with Crippen LogP contribution < -0.4 is 22.3 Å². The van der Waals surface area contributed by atoms with Crippen LogP contribution in [0.1, 0.15) is 137 Å². The van der Waals surface area contributed by atoms with Crippen molar-refractivity contribution >= 4 is 7.26 Å². The molecular formula is C27H59BrNP. The molecule has 0 aliphatic rings. The summed E-state index contributed by atoms with van der Waals surface area (Å²) in [4.78, 5) is 0. The third-order valence-corrected chi connectivity index (χ3v) is 11.7. The summed E-state index contributed by atoms with van der Waals surface area (Å²) in [6.07, 6.45) is 30.8. The molecule has 0 unspecified atom stereocenters. The van der Waals surface area contributed by atoms with Gasteiger partial charge in [0.1, 0.15) is 0 Å². The molecule has 0 aromatic heterocycles. The molecule has 0 aromatic rings. The van der Waals surface area contributed by atoms with E-state index in [-0.39, 0.29) is 17.0 Å². The zero-order valence-corrected chi connectivity index (χ0v) is 24.1. The van der Waals surface area contributed by atoms with Crippen molar-refractivity contribution in [2.24, 2.45) is 0 Å². The Balaban J connectivity index is 0. The lowest BCUT2D eigenvalue weighted by Crippen LogP contribution is -3.00. The van der Waals surface area contributed by atoms with Crippen molar-refractivity contribution in [2.75, 3.05) is 37.7 Å². The molecule has 1 N–H and O–H groups in total. The molecule has 0 radical (unpaired) electrons. The molecule has 184 valence electrons. The summed E-state index contributed by atoms with van der Waals surface area (Å²) >= 11 is 0. The standard InChI is InChI=1S/C27H59NP.BrH/c1-5-9-13-14-15-16-17-18-19-20-22-28-23-21-27-29(24-10-6-2,25-11-7-3)26-12-8-4;/h28H,5-27H2,1-4H3;1H/q+1;/p-1. The molecule has 0 saturated carbocycles. The zero-order chi connectivity index (χ0) is 21.5. The molecule has 0 saturated heterocycles. The predicted octanol–water partition coefficient (Wildman–Crippen LogP) is 6.31. The minimum absolute atomic E-state index is 0. The second kappa shape index (κ2) is 26.1. The van der Waals surface area contributed by atoms with Gasteiger partial charge in [0.15, 0.2) is 0 Å². The number of hydrogen-bond donors (Lipinski definition) is 1. The van der Waals surface area contributed by atoms with Gasteiger partial charge in [0, 0.05) is 7.26 Å². The van der Waals surface area contributed by atoms with Gasteiger partial charge in [0.2, 0.25) is 0 Å². The van der Waals surface area contributed by atoms with Gasteiger partial charge < -0.3 is 22.3 Å². The quantitative estimate of drug-likeness (QED) is 0.119. The summed E-state index contributed by atoms with van der Waals surface area (Å²) in [5, 5.41) is 3.77. The first-order chi connectivity index (χ1) is 14.2. The molecule has 0 aromatic carbocycles. The number of hydrogen-bond acceptors (Lipinski definition) is 1. The molecule has 0 heterocycles. The van der Waals surface area contributed by atoms with Gasteiger partial charge in [-0.25, -0.2) is 0 Å². The normalized spacial score (nSPS) is 11.6. The van der Waals surface area contributed by atoms with Gasteiger partial charge in [-0.05, 0) is 45.2 Å². The van der Waals surface area contributed by atoms with Gasteiger partial charge in [0.25, 0.3) is 0 Å².